The first-order chi connectivity index (χ1) is 9.94. The Morgan fingerprint density at radius 3 is 2.71 bits per heavy atom. The molecule has 0 spiro atoms. The first-order valence-electron chi connectivity index (χ1n) is 7.75. The van der Waals surface area contributed by atoms with Gasteiger partial charge in [0.25, 0.3) is 5.54 Å². The van der Waals surface area contributed by atoms with Gasteiger partial charge in [0.15, 0.2) is 0 Å². The van der Waals surface area contributed by atoms with Crippen molar-refractivity contribution in [2.45, 2.75) is 58.5 Å². The van der Waals surface area contributed by atoms with Crippen molar-refractivity contribution in [1.82, 2.24) is 0 Å². The Bertz CT molecular complexity index is 609. The summed E-state index contributed by atoms with van der Waals surface area (Å²) in [6.07, 6.45) is 3.52. The smallest absolute Gasteiger partial charge is 0.286 e. The first kappa shape index (κ1) is 15.5. The van der Waals surface area contributed by atoms with E-state index < -0.39 is 5.54 Å². The van der Waals surface area contributed by atoms with E-state index in [1.165, 1.54) is 24.1 Å². The van der Waals surface area contributed by atoms with Crippen molar-refractivity contribution in [3.63, 3.8) is 0 Å². The maximum absolute atomic E-state index is 7.20. The van der Waals surface area contributed by atoms with Crippen molar-refractivity contribution in [1.29, 1.82) is 0 Å². The van der Waals surface area contributed by atoms with Gasteiger partial charge in [-0.2, -0.15) is 0 Å². The zero-order valence-corrected chi connectivity index (χ0v) is 13.5. The largest absolute Gasteiger partial charge is 0.369 e. The summed E-state index contributed by atoms with van der Waals surface area (Å²) >= 11 is 0. The number of benzene rings is 1. The van der Waals surface area contributed by atoms with E-state index in [2.05, 4.69) is 53.6 Å². The molecule has 0 saturated carbocycles. The van der Waals surface area contributed by atoms with Crippen molar-refractivity contribution in [2.24, 2.45) is 0 Å². The Kier molecular flexibility index (Phi) is 4.59. The number of fused-ring (bicyclic) bond motifs is 1. The van der Waals surface area contributed by atoms with E-state index in [-0.39, 0.29) is 0 Å². The zero-order chi connectivity index (χ0) is 15.5. The second-order valence-corrected chi connectivity index (χ2v) is 6.47. The number of hydrogen-bond donors (Lipinski definition) is 0. The average Bonchev–Trinajstić information content (AvgIpc) is 2.67. The second-order valence-electron chi connectivity index (χ2n) is 6.47. The maximum atomic E-state index is 7.20. The Hall–Kier alpha value is -1.93. The third-order valence-electron chi connectivity index (χ3n) is 3.94. The van der Waals surface area contributed by atoms with Crippen LogP contribution in [0.25, 0.3) is 4.85 Å². The minimum Gasteiger partial charge on any atom is -0.369 e. The van der Waals surface area contributed by atoms with Crippen LogP contribution in [0.3, 0.4) is 0 Å². The lowest BCUT2D eigenvalue weighted by Crippen LogP contribution is -2.31. The molecule has 0 aliphatic carbocycles. The molecule has 0 amide bonds. The van der Waals surface area contributed by atoms with E-state index in [0.717, 1.165) is 18.5 Å². The van der Waals surface area contributed by atoms with Crippen molar-refractivity contribution in [3.05, 3.63) is 40.7 Å². The predicted octanol–water partition coefficient (Wildman–Crippen LogP) is 4.29. The lowest BCUT2D eigenvalue weighted by Gasteiger charge is -2.29. The third-order valence-corrected chi connectivity index (χ3v) is 3.94. The standard InChI is InChI=1S/C19H24N2/c1-15(2)21-14-7-6-10-17-16(9-8-11-18(17)21)12-13-19(3,4)20-5/h8-9,11,15H,6-7,10,14H2,1-4H3. The third kappa shape index (κ3) is 3.59. The summed E-state index contributed by atoms with van der Waals surface area (Å²) < 4.78 is 0. The lowest BCUT2D eigenvalue weighted by atomic mass is 9.99. The van der Waals surface area contributed by atoms with Crippen LogP contribution in [0.4, 0.5) is 5.69 Å². The normalized spacial score (nSPS) is 14.8. The van der Waals surface area contributed by atoms with Crippen LogP contribution in [-0.2, 0) is 6.42 Å². The molecule has 0 fully saturated rings. The second kappa shape index (κ2) is 6.23. The molecule has 1 heterocycles. The Labute approximate surface area is 129 Å². The first-order valence-corrected chi connectivity index (χ1v) is 7.75. The van der Waals surface area contributed by atoms with Gasteiger partial charge in [-0.3, -0.25) is 4.85 Å². The van der Waals surface area contributed by atoms with E-state index in [9.17, 15) is 0 Å². The molecule has 1 aliphatic heterocycles. The fourth-order valence-electron chi connectivity index (χ4n) is 2.71. The van der Waals surface area contributed by atoms with Gasteiger partial charge in [0.2, 0.25) is 0 Å². The Morgan fingerprint density at radius 1 is 1.29 bits per heavy atom. The predicted molar refractivity (Wildman–Crippen MR) is 89.4 cm³/mol. The highest BCUT2D eigenvalue weighted by molar-refractivity contribution is 5.62. The van der Waals surface area contributed by atoms with Crippen molar-refractivity contribution in [2.75, 3.05) is 11.4 Å². The summed E-state index contributed by atoms with van der Waals surface area (Å²) in [4.78, 5) is 6.05. The highest BCUT2D eigenvalue weighted by Gasteiger charge is 2.21. The molecule has 110 valence electrons. The molecular formula is C19H24N2. The van der Waals surface area contributed by atoms with Gasteiger partial charge in [0, 0.05) is 37.7 Å². The fraction of sp³-hybridized carbons (Fsp3) is 0.526. The van der Waals surface area contributed by atoms with Crippen LogP contribution in [0.2, 0.25) is 0 Å². The Balaban J connectivity index is 2.47. The molecule has 2 rings (SSSR count). The van der Waals surface area contributed by atoms with Gasteiger partial charge in [-0.05, 0) is 56.7 Å². The molecule has 0 N–H and O–H groups in total. The molecule has 1 aliphatic rings. The van der Waals surface area contributed by atoms with Crippen LogP contribution in [0.15, 0.2) is 18.2 Å². The number of anilines is 1. The summed E-state index contributed by atoms with van der Waals surface area (Å²) in [7, 11) is 0. The highest BCUT2D eigenvalue weighted by atomic mass is 15.2. The van der Waals surface area contributed by atoms with Gasteiger partial charge in [-0.25, -0.2) is 6.57 Å². The molecular weight excluding hydrogens is 256 g/mol. The number of hydrogen-bond acceptors (Lipinski definition) is 1. The molecule has 1 aromatic carbocycles. The van der Waals surface area contributed by atoms with Crippen molar-refractivity contribution >= 4 is 5.69 Å². The maximum Gasteiger partial charge on any atom is 0.286 e. The summed E-state index contributed by atoms with van der Waals surface area (Å²) in [6, 6.07) is 6.90. The molecule has 0 atom stereocenters. The number of rotatable bonds is 1. The zero-order valence-electron chi connectivity index (χ0n) is 13.5. The van der Waals surface area contributed by atoms with E-state index in [1.807, 2.05) is 13.8 Å². The van der Waals surface area contributed by atoms with Gasteiger partial charge in [-0.1, -0.05) is 12.0 Å². The number of nitrogens with zero attached hydrogens (tertiary/aromatic N) is 2. The topological polar surface area (TPSA) is 7.60 Å². The minimum atomic E-state index is -0.606. The van der Waals surface area contributed by atoms with Crippen molar-refractivity contribution < 1.29 is 0 Å². The van der Waals surface area contributed by atoms with Gasteiger partial charge in [0.05, 0.1) is 0 Å². The summed E-state index contributed by atoms with van der Waals surface area (Å²) in [6.45, 7) is 16.5. The van der Waals surface area contributed by atoms with Crippen LogP contribution >= 0.6 is 0 Å². The van der Waals surface area contributed by atoms with Crippen LogP contribution in [0.5, 0.6) is 0 Å². The van der Waals surface area contributed by atoms with Gasteiger partial charge in [-0.15, -0.1) is 0 Å². The Morgan fingerprint density at radius 2 is 2.05 bits per heavy atom. The van der Waals surface area contributed by atoms with Crippen LogP contribution in [-0.4, -0.2) is 18.1 Å². The van der Waals surface area contributed by atoms with E-state index in [4.69, 9.17) is 6.57 Å². The summed E-state index contributed by atoms with van der Waals surface area (Å²) in [5.74, 6) is 6.38. The SMILES string of the molecule is [C-]#[N+]C(C)(C)C#Cc1cccc2c1CCCCN2C(C)C. The molecule has 0 aromatic heterocycles. The molecule has 2 heteroatoms. The summed E-state index contributed by atoms with van der Waals surface area (Å²) in [5.41, 5.74) is 3.18. The highest BCUT2D eigenvalue weighted by Crippen LogP contribution is 2.30. The van der Waals surface area contributed by atoms with E-state index in [1.54, 1.807) is 0 Å². The molecule has 0 unspecified atom stereocenters. The van der Waals surface area contributed by atoms with Gasteiger partial charge < -0.3 is 4.90 Å². The molecule has 0 bridgehead atoms. The molecule has 2 nitrogen and oxygen atoms in total. The minimum absolute atomic E-state index is 0.504. The van der Waals surface area contributed by atoms with Crippen molar-refractivity contribution in [3.8, 4) is 11.8 Å². The molecule has 1 aromatic rings. The molecule has 21 heavy (non-hydrogen) atoms. The van der Waals surface area contributed by atoms with Crippen LogP contribution in [0, 0.1) is 18.4 Å². The average molecular weight is 280 g/mol. The summed E-state index contributed by atoms with van der Waals surface area (Å²) in [5, 5.41) is 0. The lowest BCUT2D eigenvalue weighted by molar-refractivity contribution is 0.652. The fourth-order valence-corrected chi connectivity index (χ4v) is 2.71. The van der Waals surface area contributed by atoms with Crippen LogP contribution in [0.1, 0.15) is 51.7 Å². The van der Waals surface area contributed by atoms with E-state index in [0.29, 0.717) is 6.04 Å². The monoisotopic (exact) mass is 280 g/mol. The van der Waals surface area contributed by atoms with Gasteiger partial charge in [0.1, 0.15) is 0 Å². The quantitative estimate of drug-likeness (QED) is 0.550. The molecule has 0 radical (unpaired) electrons. The van der Waals surface area contributed by atoms with E-state index >= 15 is 0 Å². The molecule has 0 saturated heterocycles. The van der Waals surface area contributed by atoms with Gasteiger partial charge >= 0.3 is 0 Å². The van der Waals surface area contributed by atoms with Crippen LogP contribution < -0.4 is 4.90 Å².